The van der Waals surface area contributed by atoms with E-state index >= 15 is 0 Å². The Morgan fingerprint density at radius 3 is 2.44 bits per heavy atom. The van der Waals surface area contributed by atoms with Crippen LogP contribution in [-0.2, 0) is 0 Å². The van der Waals surface area contributed by atoms with Crippen molar-refractivity contribution in [2.45, 2.75) is 12.2 Å². The van der Waals surface area contributed by atoms with E-state index in [9.17, 15) is 23.3 Å². The molecular weight excluding hydrogens is 229 g/mol. The highest BCUT2D eigenvalue weighted by molar-refractivity contribution is 5.48. The van der Waals surface area contributed by atoms with Gasteiger partial charge in [0, 0.05) is 6.07 Å². The summed E-state index contributed by atoms with van der Waals surface area (Å²) in [6, 6.07) is -0.0145. The smallest absolute Gasteiger partial charge is 0.407 e. The van der Waals surface area contributed by atoms with Crippen molar-refractivity contribution in [2.24, 2.45) is 5.73 Å². The molecule has 1 aromatic carbocycles. The number of phenolic OH excluding ortho intramolecular Hbond substituents is 1. The number of nitro benzene ring substituents is 1. The van der Waals surface area contributed by atoms with Crippen molar-refractivity contribution in [3.05, 3.63) is 33.9 Å². The summed E-state index contributed by atoms with van der Waals surface area (Å²) in [5.41, 5.74) is 3.58. The summed E-state index contributed by atoms with van der Waals surface area (Å²) < 4.78 is 36.6. The first-order valence-corrected chi connectivity index (χ1v) is 4.03. The summed E-state index contributed by atoms with van der Waals surface area (Å²) in [5.74, 6) is -0.705. The van der Waals surface area contributed by atoms with Gasteiger partial charge in [0.2, 0.25) is 0 Å². The lowest BCUT2D eigenvalue weighted by Gasteiger charge is -2.15. The fourth-order valence-electron chi connectivity index (χ4n) is 1.07. The number of aromatic hydroxyl groups is 1. The van der Waals surface area contributed by atoms with Crippen molar-refractivity contribution in [1.82, 2.24) is 0 Å². The standard InChI is InChI=1S/C8H7F3N2O3/c9-8(10,11)7(12)4-1-2-6(14)5(3-4)13(15)16/h1-3,7,14H,12H2. The Kier molecular flexibility index (Phi) is 3.04. The minimum Gasteiger partial charge on any atom is -0.502 e. The molecule has 8 heteroatoms. The first-order valence-electron chi connectivity index (χ1n) is 4.03. The van der Waals surface area contributed by atoms with Crippen LogP contribution in [0, 0.1) is 10.1 Å². The SMILES string of the molecule is NC(c1ccc(O)c([N+](=O)[O-])c1)C(F)(F)F. The summed E-state index contributed by atoms with van der Waals surface area (Å²) in [5, 5.41) is 19.4. The van der Waals surface area contributed by atoms with Crippen LogP contribution in [0.3, 0.4) is 0 Å². The normalized spacial score (nSPS) is 13.5. The lowest BCUT2D eigenvalue weighted by atomic mass is 10.1. The molecule has 16 heavy (non-hydrogen) atoms. The number of alkyl halides is 3. The van der Waals surface area contributed by atoms with Crippen molar-refractivity contribution in [1.29, 1.82) is 0 Å². The topological polar surface area (TPSA) is 89.4 Å². The van der Waals surface area contributed by atoms with Crippen molar-refractivity contribution >= 4 is 5.69 Å². The molecule has 0 bridgehead atoms. The number of hydrogen-bond acceptors (Lipinski definition) is 4. The van der Waals surface area contributed by atoms with Crippen molar-refractivity contribution in [3.8, 4) is 5.75 Å². The Bertz CT molecular complexity index is 419. The minimum atomic E-state index is -4.69. The molecule has 0 aliphatic carbocycles. The van der Waals surface area contributed by atoms with Crippen LogP contribution < -0.4 is 5.73 Å². The second-order valence-corrected chi connectivity index (χ2v) is 3.02. The van der Waals surface area contributed by atoms with E-state index < -0.39 is 34.1 Å². The largest absolute Gasteiger partial charge is 0.502 e. The van der Waals surface area contributed by atoms with Gasteiger partial charge >= 0.3 is 11.9 Å². The molecule has 1 aromatic rings. The van der Waals surface area contributed by atoms with Gasteiger partial charge in [0.25, 0.3) is 0 Å². The first-order chi connectivity index (χ1) is 7.23. The molecule has 0 aliphatic heterocycles. The molecule has 0 spiro atoms. The maximum atomic E-state index is 12.2. The molecule has 3 N–H and O–H groups in total. The van der Waals surface area contributed by atoms with Gasteiger partial charge in [-0.2, -0.15) is 13.2 Å². The molecule has 1 atom stereocenters. The van der Waals surface area contributed by atoms with Crippen LogP contribution >= 0.6 is 0 Å². The molecule has 0 saturated carbocycles. The summed E-state index contributed by atoms with van der Waals surface area (Å²) >= 11 is 0. The second kappa shape index (κ2) is 3.97. The minimum absolute atomic E-state index is 0.475. The number of benzene rings is 1. The van der Waals surface area contributed by atoms with E-state index in [0.29, 0.717) is 6.07 Å². The molecule has 0 saturated heterocycles. The summed E-state index contributed by atoms with van der Waals surface area (Å²) in [6.45, 7) is 0. The monoisotopic (exact) mass is 236 g/mol. The van der Waals surface area contributed by atoms with Gasteiger partial charge in [0.05, 0.1) is 4.92 Å². The molecule has 0 heterocycles. The van der Waals surface area contributed by atoms with Crippen LogP contribution in [0.1, 0.15) is 11.6 Å². The van der Waals surface area contributed by atoms with E-state index in [-0.39, 0.29) is 0 Å². The Morgan fingerprint density at radius 2 is 2.00 bits per heavy atom. The number of rotatable bonds is 2. The summed E-state index contributed by atoms with van der Waals surface area (Å²) in [7, 11) is 0. The van der Waals surface area contributed by atoms with Gasteiger partial charge in [-0.1, -0.05) is 6.07 Å². The van der Waals surface area contributed by atoms with Gasteiger partial charge in [-0.15, -0.1) is 0 Å². The number of halogens is 3. The number of hydrogen-bond donors (Lipinski definition) is 2. The second-order valence-electron chi connectivity index (χ2n) is 3.02. The van der Waals surface area contributed by atoms with Gasteiger partial charge in [-0.3, -0.25) is 10.1 Å². The lowest BCUT2D eigenvalue weighted by molar-refractivity contribution is -0.386. The lowest BCUT2D eigenvalue weighted by Crippen LogP contribution is -2.28. The summed E-state index contributed by atoms with van der Waals surface area (Å²) in [4.78, 5) is 9.39. The van der Waals surface area contributed by atoms with Crippen LogP contribution in [-0.4, -0.2) is 16.2 Å². The zero-order valence-electron chi connectivity index (χ0n) is 7.73. The van der Waals surface area contributed by atoms with E-state index in [0.717, 1.165) is 12.1 Å². The molecule has 0 fully saturated rings. The van der Waals surface area contributed by atoms with E-state index in [1.165, 1.54) is 0 Å². The fraction of sp³-hybridized carbons (Fsp3) is 0.250. The summed E-state index contributed by atoms with van der Waals surface area (Å²) in [6.07, 6.45) is -4.69. The maximum absolute atomic E-state index is 12.2. The molecule has 1 unspecified atom stereocenters. The quantitative estimate of drug-likeness (QED) is 0.605. The molecule has 0 aliphatic rings. The van der Waals surface area contributed by atoms with Crippen molar-refractivity contribution in [2.75, 3.05) is 0 Å². The van der Waals surface area contributed by atoms with Crippen molar-refractivity contribution < 1.29 is 23.2 Å². The van der Waals surface area contributed by atoms with Crippen LogP contribution in [0.5, 0.6) is 5.75 Å². The predicted molar refractivity (Wildman–Crippen MR) is 47.7 cm³/mol. The third-order valence-electron chi connectivity index (χ3n) is 1.91. The number of nitrogens with zero attached hydrogens (tertiary/aromatic N) is 1. The molecular formula is C8H7F3N2O3. The van der Waals surface area contributed by atoms with Crippen LogP contribution in [0.4, 0.5) is 18.9 Å². The van der Waals surface area contributed by atoms with E-state index in [1.54, 1.807) is 0 Å². The Hall–Kier alpha value is -1.83. The zero-order valence-corrected chi connectivity index (χ0v) is 7.73. The molecule has 88 valence electrons. The maximum Gasteiger partial charge on any atom is 0.407 e. The van der Waals surface area contributed by atoms with Gasteiger partial charge in [0.15, 0.2) is 5.75 Å². The highest BCUT2D eigenvalue weighted by atomic mass is 19.4. The molecule has 1 rings (SSSR count). The van der Waals surface area contributed by atoms with E-state index in [1.807, 2.05) is 0 Å². The zero-order chi connectivity index (χ0) is 12.5. The molecule has 0 radical (unpaired) electrons. The Morgan fingerprint density at radius 1 is 1.44 bits per heavy atom. The molecule has 5 nitrogen and oxygen atoms in total. The van der Waals surface area contributed by atoms with E-state index in [4.69, 9.17) is 10.8 Å². The van der Waals surface area contributed by atoms with E-state index in [2.05, 4.69) is 0 Å². The van der Waals surface area contributed by atoms with Crippen LogP contribution in [0.15, 0.2) is 18.2 Å². The number of nitrogens with two attached hydrogens (primary N) is 1. The van der Waals surface area contributed by atoms with Crippen molar-refractivity contribution in [3.63, 3.8) is 0 Å². The number of nitro groups is 1. The predicted octanol–water partition coefficient (Wildman–Crippen LogP) is 1.86. The van der Waals surface area contributed by atoms with Crippen LogP contribution in [0.2, 0.25) is 0 Å². The van der Waals surface area contributed by atoms with Crippen LogP contribution in [0.25, 0.3) is 0 Å². The average molecular weight is 236 g/mol. The highest BCUT2D eigenvalue weighted by Gasteiger charge is 2.38. The first kappa shape index (κ1) is 12.2. The Balaban J connectivity index is 3.18. The molecule has 0 aromatic heterocycles. The number of phenols is 1. The Labute approximate surface area is 87.4 Å². The van der Waals surface area contributed by atoms with Gasteiger partial charge < -0.3 is 10.8 Å². The van der Waals surface area contributed by atoms with Gasteiger partial charge in [-0.25, -0.2) is 0 Å². The highest BCUT2D eigenvalue weighted by Crippen LogP contribution is 2.34. The average Bonchev–Trinajstić information content (AvgIpc) is 2.15. The van der Waals surface area contributed by atoms with Gasteiger partial charge in [-0.05, 0) is 11.6 Å². The fourth-order valence-corrected chi connectivity index (χ4v) is 1.07. The van der Waals surface area contributed by atoms with Gasteiger partial charge in [0.1, 0.15) is 6.04 Å². The third kappa shape index (κ3) is 2.40. The molecule has 0 amide bonds. The third-order valence-corrected chi connectivity index (χ3v) is 1.91.